The molecule has 0 aromatic carbocycles. The van der Waals surface area contributed by atoms with Gasteiger partial charge in [0, 0.05) is 6.54 Å². The van der Waals surface area contributed by atoms with Gasteiger partial charge in [0.25, 0.3) is 0 Å². The van der Waals surface area contributed by atoms with Gasteiger partial charge in [0.15, 0.2) is 0 Å². The maximum atomic E-state index is 11.1. The number of carboxylic acids is 2. The summed E-state index contributed by atoms with van der Waals surface area (Å²) in [5.74, 6) is -1.75. The van der Waals surface area contributed by atoms with Gasteiger partial charge in [-0.25, -0.2) is 0 Å². The van der Waals surface area contributed by atoms with Gasteiger partial charge in [0.2, 0.25) is 0 Å². The minimum Gasteiger partial charge on any atom is -0.481 e. The molecule has 16 heavy (non-hydrogen) atoms. The molecule has 0 heterocycles. The maximum absolute atomic E-state index is 11.1. The average molecular weight is 231 g/mol. The molecule has 0 rings (SSSR count). The molecule has 1 atom stereocenters. The van der Waals surface area contributed by atoms with Gasteiger partial charge in [-0.05, 0) is 19.4 Å². The van der Waals surface area contributed by atoms with Crippen molar-refractivity contribution in [3.63, 3.8) is 0 Å². The molecule has 0 aromatic heterocycles. The van der Waals surface area contributed by atoms with E-state index in [0.717, 1.165) is 12.8 Å². The smallest absolute Gasteiger partial charge is 0.320 e. The van der Waals surface area contributed by atoms with E-state index in [1.165, 1.54) is 0 Å². The Morgan fingerprint density at radius 2 is 1.75 bits per heavy atom. The normalized spacial score (nSPS) is 12.7. The zero-order valence-electron chi connectivity index (χ0n) is 9.98. The van der Waals surface area contributed by atoms with Crippen LogP contribution in [0, 0.1) is 0 Å². The lowest BCUT2D eigenvalue weighted by molar-refractivity contribution is -0.145. The van der Waals surface area contributed by atoms with Gasteiger partial charge in [-0.1, -0.05) is 20.3 Å². The van der Waals surface area contributed by atoms with Crippen LogP contribution in [0.2, 0.25) is 0 Å². The van der Waals surface area contributed by atoms with Gasteiger partial charge in [0.1, 0.15) is 6.04 Å². The topological polar surface area (TPSA) is 77.8 Å². The van der Waals surface area contributed by atoms with Gasteiger partial charge in [0.05, 0.1) is 6.42 Å². The van der Waals surface area contributed by atoms with Crippen molar-refractivity contribution in [3.05, 3.63) is 0 Å². The Hall–Kier alpha value is -1.10. The van der Waals surface area contributed by atoms with E-state index in [1.807, 2.05) is 13.8 Å². The number of carboxylic acid groups (broad SMARTS) is 2. The summed E-state index contributed by atoms with van der Waals surface area (Å²) in [6.07, 6.45) is 2.17. The molecule has 0 aromatic rings. The molecule has 0 amide bonds. The van der Waals surface area contributed by atoms with E-state index in [0.29, 0.717) is 19.5 Å². The first-order valence-corrected chi connectivity index (χ1v) is 5.71. The van der Waals surface area contributed by atoms with Crippen molar-refractivity contribution < 1.29 is 19.8 Å². The largest absolute Gasteiger partial charge is 0.481 e. The fourth-order valence-corrected chi connectivity index (χ4v) is 1.69. The third kappa shape index (κ3) is 5.70. The van der Waals surface area contributed by atoms with E-state index in [2.05, 4.69) is 0 Å². The molecule has 0 saturated carbocycles. The van der Waals surface area contributed by atoms with Gasteiger partial charge in [-0.15, -0.1) is 0 Å². The van der Waals surface area contributed by atoms with Crippen LogP contribution in [-0.4, -0.2) is 46.2 Å². The lowest BCUT2D eigenvalue weighted by Gasteiger charge is -2.27. The van der Waals surface area contributed by atoms with Gasteiger partial charge in [-0.2, -0.15) is 0 Å². The van der Waals surface area contributed by atoms with Crippen LogP contribution in [-0.2, 0) is 9.59 Å². The highest BCUT2D eigenvalue weighted by Gasteiger charge is 2.24. The van der Waals surface area contributed by atoms with Crippen LogP contribution >= 0.6 is 0 Å². The second-order valence-electron chi connectivity index (χ2n) is 3.82. The Morgan fingerprint density at radius 1 is 1.12 bits per heavy atom. The van der Waals surface area contributed by atoms with Crippen LogP contribution in [0.25, 0.3) is 0 Å². The number of nitrogens with zero attached hydrogens (tertiary/aromatic N) is 1. The maximum Gasteiger partial charge on any atom is 0.320 e. The van der Waals surface area contributed by atoms with Crippen LogP contribution in [0.15, 0.2) is 0 Å². The van der Waals surface area contributed by atoms with E-state index in [9.17, 15) is 9.59 Å². The van der Waals surface area contributed by atoms with Crippen LogP contribution in [0.5, 0.6) is 0 Å². The van der Waals surface area contributed by atoms with Gasteiger partial charge < -0.3 is 10.2 Å². The highest BCUT2D eigenvalue weighted by molar-refractivity contribution is 5.73. The monoisotopic (exact) mass is 231 g/mol. The summed E-state index contributed by atoms with van der Waals surface area (Å²) in [5.41, 5.74) is 0. The number of hydrogen-bond donors (Lipinski definition) is 2. The highest BCUT2D eigenvalue weighted by Crippen LogP contribution is 2.09. The summed E-state index contributed by atoms with van der Waals surface area (Å²) in [6.45, 7) is 4.82. The Kier molecular flexibility index (Phi) is 7.54. The van der Waals surface area contributed by atoms with E-state index in [1.54, 1.807) is 4.90 Å². The zero-order valence-corrected chi connectivity index (χ0v) is 9.98. The van der Waals surface area contributed by atoms with Crippen molar-refractivity contribution >= 4 is 11.9 Å². The summed E-state index contributed by atoms with van der Waals surface area (Å²) in [5, 5.41) is 17.7. The molecule has 5 heteroatoms. The van der Waals surface area contributed by atoms with E-state index in [-0.39, 0.29) is 6.42 Å². The molecule has 0 fully saturated rings. The van der Waals surface area contributed by atoms with Crippen LogP contribution < -0.4 is 0 Å². The molecule has 5 nitrogen and oxygen atoms in total. The Morgan fingerprint density at radius 3 is 2.12 bits per heavy atom. The van der Waals surface area contributed by atoms with Crippen molar-refractivity contribution in [2.45, 2.75) is 45.6 Å². The molecule has 0 aliphatic heterocycles. The molecule has 0 spiro atoms. The lowest BCUT2D eigenvalue weighted by Crippen LogP contribution is -2.42. The number of aliphatic carboxylic acids is 2. The Bertz CT molecular complexity index is 230. The molecular formula is C11H21NO4. The summed E-state index contributed by atoms with van der Waals surface area (Å²) >= 11 is 0. The van der Waals surface area contributed by atoms with Crippen LogP contribution in [0.1, 0.15) is 39.5 Å². The van der Waals surface area contributed by atoms with Crippen molar-refractivity contribution in [1.82, 2.24) is 4.90 Å². The lowest BCUT2D eigenvalue weighted by atomic mass is 10.1. The number of carbonyl (C=O) groups is 2. The van der Waals surface area contributed by atoms with Crippen LogP contribution in [0.3, 0.4) is 0 Å². The quantitative estimate of drug-likeness (QED) is 0.627. The Labute approximate surface area is 96.1 Å². The minimum absolute atomic E-state index is 0.00645. The molecule has 0 bridgehead atoms. The summed E-state index contributed by atoms with van der Waals surface area (Å²) < 4.78 is 0. The molecule has 94 valence electrons. The number of rotatable bonds is 9. The van der Waals surface area contributed by atoms with Crippen LogP contribution in [0.4, 0.5) is 0 Å². The predicted octanol–water partition coefficient (Wildman–Crippen LogP) is 1.43. The predicted molar refractivity (Wildman–Crippen MR) is 60.4 cm³/mol. The summed E-state index contributed by atoms with van der Waals surface area (Å²) in [7, 11) is 0. The SMILES string of the molecule is CCCC(C(=O)O)N(CCC)CCC(=O)O. The zero-order chi connectivity index (χ0) is 12.6. The first-order valence-electron chi connectivity index (χ1n) is 5.71. The molecule has 2 N–H and O–H groups in total. The average Bonchev–Trinajstić information content (AvgIpc) is 2.20. The number of hydrogen-bond acceptors (Lipinski definition) is 3. The first kappa shape index (κ1) is 14.9. The van der Waals surface area contributed by atoms with Gasteiger partial charge in [-0.3, -0.25) is 14.5 Å². The molecular weight excluding hydrogens is 210 g/mol. The van der Waals surface area contributed by atoms with Crippen molar-refractivity contribution in [2.75, 3.05) is 13.1 Å². The third-order valence-corrected chi connectivity index (χ3v) is 2.41. The standard InChI is InChI=1S/C11H21NO4/c1-3-5-9(11(15)16)12(7-4-2)8-6-10(13)14/h9H,3-8H2,1-2H3,(H,13,14)(H,15,16). The molecule has 1 unspecified atom stereocenters. The molecule has 0 aliphatic carbocycles. The van der Waals surface area contributed by atoms with Crippen molar-refractivity contribution in [1.29, 1.82) is 0 Å². The molecule has 0 saturated heterocycles. The Balaban J connectivity index is 4.43. The highest BCUT2D eigenvalue weighted by atomic mass is 16.4. The third-order valence-electron chi connectivity index (χ3n) is 2.41. The summed E-state index contributed by atoms with van der Waals surface area (Å²) in [6, 6.07) is -0.552. The minimum atomic E-state index is -0.887. The van der Waals surface area contributed by atoms with Crippen molar-refractivity contribution in [3.8, 4) is 0 Å². The summed E-state index contributed by atoms with van der Waals surface area (Å²) in [4.78, 5) is 23.3. The first-order chi connectivity index (χ1) is 7.52. The fraction of sp³-hybridized carbons (Fsp3) is 0.818. The fourth-order valence-electron chi connectivity index (χ4n) is 1.69. The van der Waals surface area contributed by atoms with E-state index in [4.69, 9.17) is 10.2 Å². The van der Waals surface area contributed by atoms with E-state index >= 15 is 0 Å². The molecule has 0 radical (unpaired) electrons. The van der Waals surface area contributed by atoms with Crippen molar-refractivity contribution in [2.24, 2.45) is 0 Å². The molecule has 0 aliphatic rings. The van der Waals surface area contributed by atoms with E-state index < -0.39 is 18.0 Å². The van der Waals surface area contributed by atoms with Gasteiger partial charge >= 0.3 is 11.9 Å². The second kappa shape index (κ2) is 8.10. The second-order valence-corrected chi connectivity index (χ2v) is 3.82.